The second kappa shape index (κ2) is 9.23. The van der Waals surface area contributed by atoms with E-state index in [1.54, 1.807) is 0 Å². The summed E-state index contributed by atoms with van der Waals surface area (Å²) < 4.78 is 0. The van der Waals surface area contributed by atoms with E-state index in [0.29, 0.717) is 0 Å². The lowest BCUT2D eigenvalue weighted by Crippen LogP contribution is -1.91. The van der Waals surface area contributed by atoms with E-state index < -0.39 is 0 Å². The maximum Gasteiger partial charge on any atom is 0.0384 e. The van der Waals surface area contributed by atoms with Crippen molar-refractivity contribution >= 4 is 11.4 Å². The van der Waals surface area contributed by atoms with Gasteiger partial charge in [0.05, 0.1) is 0 Å². The van der Waals surface area contributed by atoms with Crippen LogP contribution in [0.2, 0.25) is 0 Å². The van der Waals surface area contributed by atoms with E-state index in [1.807, 2.05) is 6.07 Å². The molecule has 0 saturated heterocycles. The molecular formula is C20H27N. The zero-order valence-electron chi connectivity index (χ0n) is 13.1. The van der Waals surface area contributed by atoms with Gasteiger partial charge in [0.1, 0.15) is 0 Å². The summed E-state index contributed by atoms with van der Waals surface area (Å²) in [5.41, 5.74) is 3.75. The molecule has 1 N–H and O–H groups in total. The quantitative estimate of drug-likeness (QED) is 0.529. The van der Waals surface area contributed by atoms with Gasteiger partial charge in [-0.3, -0.25) is 0 Å². The van der Waals surface area contributed by atoms with Crippen LogP contribution >= 0.6 is 0 Å². The Labute approximate surface area is 129 Å². The average Bonchev–Trinajstić information content (AvgIpc) is 2.53. The lowest BCUT2D eigenvalue weighted by Gasteiger charge is -2.07. The summed E-state index contributed by atoms with van der Waals surface area (Å²) in [5, 5.41) is 3.42. The van der Waals surface area contributed by atoms with Gasteiger partial charge in [-0.25, -0.2) is 0 Å². The second-order valence-electron chi connectivity index (χ2n) is 5.71. The fraction of sp³-hybridized carbons (Fsp3) is 0.400. The highest BCUT2D eigenvalue weighted by Crippen LogP contribution is 2.17. The minimum atomic E-state index is 1.14. The minimum absolute atomic E-state index is 1.14. The summed E-state index contributed by atoms with van der Waals surface area (Å²) >= 11 is 0. The number of para-hydroxylation sites is 1. The van der Waals surface area contributed by atoms with Crippen molar-refractivity contribution in [3.8, 4) is 0 Å². The van der Waals surface area contributed by atoms with Gasteiger partial charge < -0.3 is 5.32 Å². The molecule has 0 aliphatic heterocycles. The van der Waals surface area contributed by atoms with Crippen LogP contribution in [-0.4, -0.2) is 0 Å². The molecule has 0 saturated carbocycles. The fourth-order valence-electron chi connectivity index (χ4n) is 2.55. The Balaban J connectivity index is 1.72. The molecule has 1 heteroatoms. The number of hydrogen-bond acceptors (Lipinski definition) is 1. The second-order valence-corrected chi connectivity index (χ2v) is 5.71. The van der Waals surface area contributed by atoms with Crippen LogP contribution in [0.5, 0.6) is 0 Å². The molecule has 0 aliphatic carbocycles. The Morgan fingerprint density at radius 2 is 1.29 bits per heavy atom. The van der Waals surface area contributed by atoms with Crippen LogP contribution < -0.4 is 5.32 Å². The summed E-state index contributed by atoms with van der Waals surface area (Å²) in [7, 11) is 0. The van der Waals surface area contributed by atoms with E-state index in [9.17, 15) is 0 Å². The van der Waals surface area contributed by atoms with Crippen molar-refractivity contribution in [2.75, 3.05) is 5.32 Å². The number of anilines is 2. The zero-order chi connectivity index (χ0) is 14.8. The smallest absolute Gasteiger partial charge is 0.0384 e. The Morgan fingerprint density at radius 3 is 2.00 bits per heavy atom. The van der Waals surface area contributed by atoms with Crippen molar-refractivity contribution < 1.29 is 0 Å². The topological polar surface area (TPSA) is 12.0 Å². The highest BCUT2D eigenvalue weighted by molar-refractivity contribution is 5.59. The number of unbranched alkanes of at least 4 members (excludes halogenated alkanes) is 5. The Morgan fingerprint density at radius 1 is 0.667 bits per heavy atom. The van der Waals surface area contributed by atoms with E-state index in [0.717, 1.165) is 11.4 Å². The van der Waals surface area contributed by atoms with E-state index in [1.165, 1.54) is 50.5 Å². The molecule has 2 rings (SSSR count). The summed E-state index contributed by atoms with van der Waals surface area (Å²) in [6.07, 6.45) is 9.39. The predicted molar refractivity (Wildman–Crippen MR) is 93.2 cm³/mol. The monoisotopic (exact) mass is 281 g/mol. The summed E-state index contributed by atoms with van der Waals surface area (Å²) in [5.74, 6) is 0. The predicted octanol–water partition coefficient (Wildman–Crippen LogP) is 6.33. The van der Waals surface area contributed by atoms with Crippen molar-refractivity contribution in [1.82, 2.24) is 0 Å². The van der Waals surface area contributed by atoms with E-state index in [-0.39, 0.29) is 0 Å². The minimum Gasteiger partial charge on any atom is -0.356 e. The van der Waals surface area contributed by atoms with Gasteiger partial charge in [0, 0.05) is 11.4 Å². The van der Waals surface area contributed by atoms with Crippen LogP contribution in [0, 0.1) is 0 Å². The number of hydrogen-bond donors (Lipinski definition) is 1. The van der Waals surface area contributed by atoms with E-state index >= 15 is 0 Å². The molecule has 0 atom stereocenters. The Bertz CT molecular complexity index is 487. The molecule has 0 bridgehead atoms. The zero-order valence-corrected chi connectivity index (χ0v) is 13.1. The SMILES string of the molecule is CCCCCCCCc1ccc(Nc2ccccc2)cc1. The molecular weight excluding hydrogens is 254 g/mol. The molecule has 2 aromatic rings. The van der Waals surface area contributed by atoms with Crippen LogP contribution in [-0.2, 0) is 6.42 Å². The van der Waals surface area contributed by atoms with E-state index in [2.05, 4.69) is 60.8 Å². The molecule has 0 spiro atoms. The molecule has 0 fully saturated rings. The molecule has 1 nitrogen and oxygen atoms in total. The molecule has 2 aromatic carbocycles. The lowest BCUT2D eigenvalue weighted by molar-refractivity contribution is 0.607. The Hall–Kier alpha value is -1.76. The molecule has 112 valence electrons. The van der Waals surface area contributed by atoms with Crippen molar-refractivity contribution in [3.63, 3.8) is 0 Å². The van der Waals surface area contributed by atoms with Gasteiger partial charge in [-0.15, -0.1) is 0 Å². The fourth-order valence-corrected chi connectivity index (χ4v) is 2.55. The maximum absolute atomic E-state index is 3.42. The van der Waals surface area contributed by atoms with Gasteiger partial charge in [0.2, 0.25) is 0 Å². The number of benzene rings is 2. The van der Waals surface area contributed by atoms with Gasteiger partial charge >= 0.3 is 0 Å². The van der Waals surface area contributed by atoms with Crippen molar-refractivity contribution in [2.24, 2.45) is 0 Å². The summed E-state index contributed by atoms with van der Waals surface area (Å²) in [4.78, 5) is 0. The highest BCUT2D eigenvalue weighted by Gasteiger charge is 1.97. The van der Waals surface area contributed by atoms with Gasteiger partial charge in [-0.05, 0) is 42.7 Å². The number of aryl methyl sites for hydroxylation is 1. The average molecular weight is 281 g/mol. The van der Waals surface area contributed by atoms with Gasteiger partial charge in [-0.1, -0.05) is 69.4 Å². The van der Waals surface area contributed by atoms with Crippen LogP contribution in [0.1, 0.15) is 51.0 Å². The molecule has 0 aromatic heterocycles. The van der Waals surface area contributed by atoms with Crippen molar-refractivity contribution in [3.05, 3.63) is 60.2 Å². The first-order valence-electron chi connectivity index (χ1n) is 8.29. The lowest BCUT2D eigenvalue weighted by atomic mass is 10.0. The first-order valence-corrected chi connectivity index (χ1v) is 8.29. The third-order valence-corrected chi connectivity index (χ3v) is 3.84. The van der Waals surface area contributed by atoms with Crippen molar-refractivity contribution in [2.45, 2.75) is 51.9 Å². The molecule has 0 radical (unpaired) electrons. The molecule has 0 unspecified atom stereocenters. The first kappa shape index (κ1) is 15.6. The third-order valence-electron chi connectivity index (χ3n) is 3.84. The van der Waals surface area contributed by atoms with Crippen LogP contribution in [0.4, 0.5) is 11.4 Å². The van der Waals surface area contributed by atoms with Crippen LogP contribution in [0.15, 0.2) is 54.6 Å². The summed E-state index contributed by atoms with van der Waals surface area (Å²) in [6, 6.07) is 19.2. The summed E-state index contributed by atoms with van der Waals surface area (Å²) in [6.45, 7) is 2.27. The highest BCUT2D eigenvalue weighted by atomic mass is 14.9. The van der Waals surface area contributed by atoms with E-state index in [4.69, 9.17) is 0 Å². The van der Waals surface area contributed by atoms with Crippen LogP contribution in [0.25, 0.3) is 0 Å². The third kappa shape index (κ3) is 6.03. The van der Waals surface area contributed by atoms with Gasteiger partial charge in [0.25, 0.3) is 0 Å². The Kier molecular flexibility index (Phi) is 6.87. The van der Waals surface area contributed by atoms with Crippen LogP contribution in [0.3, 0.4) is 0 Å². The number of rotatable bonds is 9. The standard InChI is InChI=1S/C20H27N/c1-2-3-4-5-6-8-11-18-14-16-20(17-15-18)21-19-12-9-7-10-13-19/h7,9-10,12-17,21H,2-6,8,11H2,1H3. The molecule has 0 heterocycles. The largest absolute Gasteiger partial charge is 0.356 e. The molecule has 0 aliphatic rings. The van der Waals surface area contributed by atoms with Crippen molar-refractivity contribution in [1.29, 1.82) is 0 Å². The first-order chi connectivity index (χ1) is 10.4. The maximum atomic E-state index is 3.42. The van der Waals surface area contributed by atoms with Gasteiger partial charge in [-0.2, -0.15) is 0 Å². The number of nitrogens with one attached hydrogen (secondary N) is 1. The molecule has 0 amide bonds. The normalized spacial score (nSPS) is 10.5. The van der Waals surface area contributed by atoms with Gasteiger partial charge in [0.15, 0.2) is 0 Å². The molecule has 21 heavy (non-hydrogen) atoms.